The van der Waals surface area contributed by atoms with E-state index in [1.54, 1.807) is 58.3 Å². The lowest BCUT2D eigenvalue weighted by Crippen LogP contribution is -2.45. The van der Waals surface area contributed by atoms with Crippen LogP contribution < -0.4 is 9.64 Å². The van der Waals surface area contributed by atoms with Gasteiger partial charge in [-0.15, -0.1) is 5.10 Å². The molecule has 0 aliphatic carbocycles. The fourth-order valence-electron chi connectivity index (χ4n) is 3.83. The van der Waals surface area contributed by atoms with Gasteiger partial charge < -0.3 is 19.1 Å². The molecule has 0 bridgehead atoms. The second-order valence-corrected chi connectivity index (χ2v) is 12.0. The maximum Gasteiger partial charge on any atom is 0.419 e. The molecule has 0 radical (unpaired) electrons. The van der Waals surface area contributed by atoms with Crippen LogP contribution in [-0.2, 0) is 22.4 Å². The predicted molar refractivity (Wildman–Crippen MR) is 153 cm³/mol. The first-order valence-corrected chi connectivity index (χ1v) is 13.8. The van der Waals surface area contributed by atoms with Crippen LogP contribution in [-0.4, -0.2) is 63.1 Å². The molecule has 3 rings (SSSR count). The second-order valence-electron chi connectivity index (χ2n) is 11.2. The summed E-state index contributed by atoms with van der Waals surface area (Å²) in [6.45, 7) is 12.2. The zero-order chi connectivity index (χ0) is 29.8. The van der Waals surface area contributed by atoms with E-state index in [0.717, 1.165) is 4.90 Å². The number of ether oxygens (including phenoxy) is 3. The normalized spacial score (nSPS) is 11.8. The van der Waals surface area contributed by atoms with Crippen LogP contribution in [0.15, 0.2) is 35.1 Å². The van der Waals surface area contributed by atoms with Crippen LogP contribution in [0.5, 0.6) is 5.75 Å². The van der Waals surface area contributed by atoms with Crippen LogP contribution in [0, 0.1) is 5.82 Å². The smallest absolute Gasteiger partial charge is 0.419 e. The molecule has 0 spiro atoms. The zero-order valence-corrected chi connectivity index (χ0v) is 25.8. The molecular formula is C28H37BrFN5O5. The lowest BCUT2D eigenvalue weighted by Gasteiger charge is -2.28. The third-order valence-corrected chi connectivity index (χ3v) is 6.12. The molecule has 1 aromatic carbocycles. The summed E-state index contributed by atoms with van der Waals surface area (Å²) in [4.78, 5) is 32.6. The minimum atomic E-state index is -0.842. The first-order valence-electron chi connectivity index (χ1n) is 13.0. The number of imide groups is 1. The number of benzene rings is 1. The van der Waals surface area contributed by atoms with Crippen LogP contribution in [0.1, 0.15) is 59.6 Å². The molecule has 0 aliphatic heterocycles. The van der Waals surface area contributed by atoms with Crippen molar-refractivity contribution in [1.29, 1.82) is 0 Å². The minimum Gasteiger partial charge on any atom is -0.491 e. The van der Waals surface area contributed by atoms with Gasteiger partial charge in [-0.3, -0.25) is 0 Å². The number of hydrogen-bond donors (Lipinski definition) is 0. The Morgan fingerprint density at radius 3 is 2.20 bits per heavy atom. The number of rotatable bonds is 8. The molecule has 2 heterocycles. The van der Waals surface area contributed by atoms with E-state index in [1.807, 2.05) is 31.0 Å². The highest BCUT2D eigenvalue weighted by molar-refractivity contribution is 9.10. The third kappa shape index (κ3) is 8.06. The average molecular weight is 623 g/mol. The fourth-order valence-corrected chi connectivity index (χ4v) is 4.19. The minimum absolute atomic E-state index is 0.0593. The zero-order valence-electron chi connectivity index (χ0n) is 24.2. The summed E-state index contributed by atoms with van der Waals surface area (Å²) in [6, 6.07) is 6.57. The van der Waals surface area contributed by atoms with Gasteiger partial charge in [0.15, 0.2) is 5.65 Å². The van der Waals surface area contributed by atoms with Crippen molar-refractivity contribution < 1.29 is 28.2 Å². The van der Waals surface area contributed by atoms with Crippen molar-refractivity contribution in [2.24, 2.45) is 0 Å². The van der Waals surface area contributed by atoms with Gasteiger partial charge in [0.2, 0.25) is 0 Å². The van der Waals surface area contributed by atoms with Gasteiger partial charge in [0, 0.05) is 19.2 Å². The average Bonchev–Trinajstić information content (AvgIpc) is 3.20. The summed E-state index contributed by atoms with van der Waals surface area (Å²) < 4.78 is 34.1. The topological polar surface area (TPSA) is 98.5 Å². The van der Waals surface area contributed by atoms with Crippen molar-refractivity contribution in [3.05, 3.63) is 52.0 Å². The number of imidazole rings is 1. The number of carbonyl (C=O) groups excluding carboxylic acids is 2. The molecule has 0 saturated carbocycles. The highest BCUT2D eigenvalue weighted by Crippen LogP contribution is 2.29. The SMILES string of the molecule is CCc1c(F)ccc(OCCN(C(=O)OC(C)(C)C)C(=O)OC(C)(C)C)c1CN(C)c1ccc2ncc(Br)n2n1. The number of halogens is 2. The summed E-state index contributed by atoms with van der Waals surface area (Å²) in [5, 5.41) is 4.61. The standard InChI is InChI=1S/C28H37BrFN5O5/c1-9-18-19(17-33(8)24-13-12-23-31-16-22(29)35(23)32-24)21(11-10-20(18)30)38-15-14-34(25(36)39-27(2,3)4)26(37)40-28(5,6)7/h10-13,16H,9,14-15,17H2,1-8H3. The molecule has 0 saturated heterocycles. The number of amides is 2. The highest BCUT2D eigenvalue weighted by Gasteiger charge is 2.31. The molecule has 0 fully saturated rings. The van der Waals surface area contributed by atoms with Crippen LogP contribution in [0.3, 0.4) is 0 Å². The third-order valence-electron chi connectivity index (χ3n) is 5.58. The lowest BCUT2D eigenvalue weighted by molar-refractivity contribution is -0.000691. The Kier molecular flexibility index (Phi) is 9.65. The number of fused-ring (bicyclic) bond motifs is 1. The first kappa shape index (κ1) is 31.1. The van der Waals surface area contributed by atoms with Crippen molar-refractivity contribution in [3.8, 4) is 5.75 Å². The Bertz CT molecular complexity index is 1340. The summed E-state index contributed by atoms with van der Waals surface area (Å²) in [6.07, 6.45) is 0.419. The van der Waals surface area contributed by atoms with E-state index in [2.05, 4.69) is 26.0 Å². The molecule has 3 aromatic rings. The van der Waals surface area contributed by atoms with Gasteiger partial charge in [0.25, 0.3) is 0 Å². The molecular weight excluding hydrogens is 585 g/mol. The number of aromatic nitrogens is 3. The Morgan fingerprint density at radius 2 is 1.62 bits per heavy atom. The van der Waals surface area contributed by atoms with Gasteiger partial charge in [-0.25, -0.2) is 28.4 Å². The molecule has 0 aliphatic rings. The van der Waals surface area contributed by atoms with E-state index in [4.69, 9.17) is 14.2 Å². The monoisotopic (exact) mass is 621 g/mol. The van der Waals surface area contributed by atoms with Crippen LogP contribution in [0.4, 0.5) is 19.8 Å². The van der Waals surface area contributed by atoms with Gasteiger partial charge in [0.1, 0.15) is 39.8 Å². The van der Waals surface area contributed by atoms with Gasteiger partial charge in [-0.2, -0.15) is 0 Å². The van der Waals surface area contributed by atoms with E-state index in [9.17, 15) is 14.0 Å². The van der Waals surface area contributed by atoms with E-state index in [0.29, 0.717) is 45.9 Å². The van der Waals surface area contributed by atoms with Crippen molar-refractivity contribution in [2.45, 2.75) is 72.6 Å². The van der Waals surface area contributed by atoms with E-state index >= 15 is 0 Å². The Balaban J connectivity index is 1.83. The van der Waals surface area contributed by atoms with Gasteiger partial charge in [-0.1, -0.05) is 6.92 Å². The van der Waals surface area contributed by atoms with Crippen molar-refractivity contribution in [2.75, 3.05) is 25.1 Å². The Morgan fingerprint density at radius 1 is 1.00 bits per heavy atom. The number of hydrogen-bond acceptors (Lipinski definition) is 8. The molecule has 218 valence electrons. The molecule has 2 amide bonds. The number of nitrogens with zero attached hydrogens (tertiary/aromatic N) is 5. The van der Waals surface area contributed by atoms with E-state index in [1.165, 1.54) is 6.07 Å². The Hall–Kier alpha value is -3.41. The maximum atomic E-state index is 14.8. The number of anilines is 1. The molecule has 0 N–H and O–H groups in total. The lowest BCUT2D eigenvalue weighted by atomic mass is 10.0. The van der Waals surface area contributed by atoms with E-state index < -0.39 is 23.4 Å². The van der Waals surface area contributed by atoms with Crippen molar-refractivity contribution >= 4 is 39.6 Å². The van der Waals surface area contributed by atoms with E-state index in [-0.39, 0.29) is 19.0 Å². The second kappa shape index (κ2) is 12.4. The molecule has 2 aromatic heterocycles. The largest absolute Gasteiger partial charge is 0.491 e. The maximum absolute atomic E-state index is 14.8. The van der Waals surface area contributed by atoms with Crippen LogP contribution in [0.2, 0.25) is 0 Å². The van der Waals surface area contributed by atoms with Gasteiger partial charge in [-0.05, 0) is 93.7 Å². The molecule has 40 heavy (non-hydrogen) atoms. The quantitative estimate of drug-likeness (QED) is 0.286. The summed E-state index contributed by atoms with van der Waals surface area (Å²) in [5.41, 5.74) is 0.203. The summed E-state index contributed by atoms with van der Waals surface area (Å²) in [5.74, 6) is 0.732. The van der Waals surface area contributed by atoms with Crippen LogP contribution in [0.25, 0.3) is 5.65 Å². The van der Waals surface area contributed by atoms with Crippen molar-refractivity contribution in [1.82, 2.24) is 19.5 Å². The fraction of sp³-hybridized carbons (Fsp3) is 0.500. The molecule has 0 unspecified atom stereocenters. The van der Waals surface area contributed by atoms with Gasteiger partial charge in [0.05, 0.1) is 12.7 Å². The Labute approximate surface area is 242 Å². The molecule has 0 atom stereocenters. The summed E-state index contributed by atoms with van der Waals surface area (Å²) in [7, 11) is 1.85. The predicted octanol–water partition coefficient (Wildman–Crippen LogP) is 6.38. The summed E-state index contributed by atoms with van der Waals surface area (Å²) >= 11 is 3.43. The van der Waals surface area contributed by atoms with Gasteiger partial charge >= 0.3 is 12.2 Å². The first-order chi connectivity index (χ1) is 18.6. The number of carbonyl (C=O) groups is 2. The highest BCUT2D eigenvalue weighted by atomic mass is 79.9. The van der Waals surface area contributed by atoms with Crippen LogP contribution >= 0.6 is 15.9 Å². The van der Waals surface area contributed by atoms with Crippen molar-refractivity contribution in [3.63, 3.8) is 0 Å². The molecule has 12 heteroatoms. The molecule has 10 nitrogen and oxygen atoms in total.